The van der Waals surface area contributed by atoms with E-state index < -0.39 is 11.6 Å². The average molecular weight is 260 g/mol. The van der Waals surface area contributed by atoms with Crippen LogP contribution in [0.4, 0.5) is 8.78 Å². The van der Waals surface area contributed by atoms with Crippen molar-refractivity contribution in [2.45, 2.75) is 25.3 Å². The highest BCUT2D eigenvalue weighted by atomic mass is 35.5. The van der Waals surface area contributed by atoms with Crippen LogP contribution in [0.25, 0.3) is 0 Å². The zero-order valence-corrected chi connectivity index (χ0v) is 10.6. The molecule has 1 fully saturated rings. The molecule has 1 aromatic rings. The molecule has 0 amide bonds. The number of alkyl halides is 1. The molecule has 0 aromatic heterocycles. The number of halogens is 3. The van der Waals surface area contributed by atoms with E-state index in [1.807, 2.05) is 4.90 Å². The summed E-state index contributed by atoms with van der Waals surface area (Å²) in [6.07, 6.45) is 0.976. The van der Waals surface area contributed by atoms with Crippen LogP contribution in [0.5, 0.6) is 0 Å². The standard InChI is InChI=1S/C13H16ClF2N/c1-9-5-6-17(8-11(9)14)7-10-12(15)3-2-4-13(10)16/h2-4,9,11H,5-8H2,1H3. The predicted molar refractivity (Wildman–Crippen MR) is 65.1 cm³/mol. The van der Waals surface area contributed by atoms with Crippen LogP contribution >= 0.6 is 11.6 Å². The van der Waals surface area contributed by atoms with Crippen LogP contribution in [0.15, 0.2) is 18.2 Å². The molecule has 0 spiro atoms. The van der Waals surface area contributed by atoms with Gasteiger partial charge in [-0.3, -0.25) is 4.90 Å². The van der Waals surface area contributed by atoms with Gasteiger partial charge in [-0.05, 0) is 31.0 Å². The van der Waals surface area contributed by atoms with Crippen LogP contribution < -0.4 is 0 Å². The lowest BCUT2D eigenvalue weighted by Crippen LogP contribution is -2.40. The second-order valence-corrected chi connectivity index (χ2v) is 5.28. The van der Waals surface area contributed by atoms with E-state index in [-0.39, 0.29) is 10.9 Å². The Labute approximate surface area is 105 Å². The van der Waals surface area contributed by atoms with Gasteiger partial charge in [-0.15, -0.1) is 11.6 Å². The quantitative estimate of drug-likeness (QED) is 0.736. The minimum atomic E-state index is -0.477. The molecule has 17 heavy (non-hydrogen) atoms. The lowest BCUT2D eigenvalue weighted by Gasteiger charge is -2.34. The Balaban J connectivity index is 2.06. The maximum Gasteiger partial charge on any atom is 0.130 e. The molecule has 2 atom stereocenters. The molecule has 0 bridgehead atoms. The van der Waals surface area contributed by atoms with Crippen molar-refractivity contribution in [3.8, 4) is 0 Å². The molecule has 1 aliphatic rings. The first kappa shape index (κ1) is 12.8. The van der Waals surface area contributed by atoms with Crippen LogP contribution in [0, 0.1) is 17.6 Å². The lowest BCUT2D eigenvalue weighted by molar-refractivity contribution is 0.185. The van der Waals surface area contributed by atoms with Crippen LogP contribution in [0.2, 0.25) is 0 Å². The number of likely N-dealkylation sites (tertiary alicyclic amines) is 1. The molecule has 0 N–H and O–H groups in total. The van der Waals surface area contributed by atoms with Gasteiger partial charge >= 0.3 is 0 Å². The van der Waals surface area contributed by atoms with E-state index in [1.54, 1.807) is 0 Å². The number of hydrogen-bond acceptors (Lipinski definition) is 1. The fourth-order valence-corrected chi connectivity index (χ4v) is 2.46. The molecule has 1 nitrogen and oxygen atoms in total. The van der Waals surface area contributed by atoms with Crippen molar-refractivity contribution in [1.82, 2.24) is 4.90 Å². The van der Waals surface area contributed by atoms with Gasteiger partial charge in [0.2, 0.25) is 0 Å². The van der Waals surface area contributed by atoms with Crippen LogP contribution in [-0.2, 0) is 6.54 Å². The highest BCUT2D eigenvalue weighted by Crippen LogP contribution is 2.24. The van der Waals surface area contributed by atoms with Gasteiger partial charge in [0.25, 0.3) is 0 Å². The fraction of sp³-hybridized carbons (Fsp3) is 0.538. The van der Waals surface area contributed by atoms with Gasteiger partial charge in [0.15, 0.2) is 0 Å². The van der Waals surface area contributed by atoms with Crippen molar-refractivity contribution in [1.29, 1.82) is 0 Å². The van der Waals surface area contributed by atoms with E-state index in [0.717, 1.165) is 13.0 Å². The first-order valence-corrected chi connectivity index (χ1v) is 6.31. The number of hydrogen-bond donors (Lipinski definition) is 0. The van der Waals surface area contributed by atoms with Gasteiger partial charge < -0.3 is 0 Å². The molecule has 1 heterocycles. The summed E-state index contributed by atoms with van der Waals surface area (Å²) in [5.41, 5.74) is 0.144. The summed E-state index contributed by atoms with van der Waals surface area (Å²) in [7, 11) is 0. The molecule has 2 rings (SSSR count). The topological polar surface area (TPSA) is 3.24 Å². The number of rotatable bonds is 2. The molecule has 1 aliphatic heterocycles. The summed E-state index contributed by atoms with van der Waals surface area (Å²) in [5.74, 6) is -0.483. The molecule has 1 aromatic carbocycles. The summed E-state index contributed by atoms with van der Waals surface area (Å²) in [6.45, 7) is 3.95. The summed E-state index contributed by atoms with van der Waals surface area (Å²) >= 11 is 6.18. The molecule has 4 heteroatoms. The van der Waals surface area contributed by atoms with Gasteiger partial charge in [-0.25, -0.2) is 8.78 Å². The van der Waals surface area contributed by atoms with Crippen LogP contribution in [-0.4, -0.2) is 23.4 Å². The minimum absolute atomic E-state index is 0.0681. The van der Waals surface area contributed by atoms with Gasteiger partial charge in [0, 0.05) is 24.0 Å². The Kier molecular flexibility index (Phi) is 4.00. The van der Waals surface area contributed by atoms with Gasteiger partial charge in [-0.2, -0.15) is 0 Å². The summed E-state index contributed by atoms with van der Waals surface area (Å²) < 4.78 is 27.0. The van der Waals surface area contributed by atoms with E-state index in [0.29, 0.717) is 19.0 Å². The third-order valence-corrected chi connectivity index (χ3v) is 3.96. The van der Waals surface area contributed by atoms with E-state index in [1.165, 1.54) is 18.2 Å². The number of benzene rings is 1. The molecule has 1 saturated heterocycles. The zero-order chi connectivity index (χ0) is 12.4. The van der Waals surface area contributed by atoms with E-state index in [4.69, 9.17) is 11.6 Å². The van der Waals surface area contributed by atoms with E-state index in [9.17, 15) is 8.78 Å². The first-order chi connectivity index (χ1) is 8.08. The lowest BCUT2D eigenvalue weighted by atomic mass is 9.98. The molecule has 2 unspecified atom stereocenters. The van der Waals surface area contributed by atoms with Crippen molar-refractivity contribution in [2.24, 2.45) is 5.92 Å². The second kappa shape index (κ2) is 5.32. The van der Waals surface area contributed by atoms with Crippen molar-refractivity contribution in [2.75, 3.05) is 13.1 Å². The SMILES string of the molecule is CC1CCN(Cc2c(F)cccc2F)CC1Cl. The highest BCUT2D eigenvalue weighted by Gasteiger charge is 2.25. The van der Waals surface area contributed by atoms with Crippen molar-refractivity contribution in [3.05, 3.63) is 35.4 Å². The van der Waals surface area contributed by atoms with Crippen LogP contribution in [0.3, 0.4) is 0 Å². The average Bonchev–Trinajstić information content (AvgIpc) is 2.28. The van der Waals surface area contributed by atoms with Crippen LogP contribution in [0.1, 0.15) is 18.9 Å². The van der Waals surface area contributed by atoms with Gasteiger partial charge in [-0.1, -0.05) is 13.0 Å². The smallest absolute Gasteiger partial charge is 0.130 e. The largest absolute Gasteiger partial charge is 0.297 e. The predicted octanol–water partition coefficient (Wildman–Crippen LogP) is 3.41. The van der Waals surface area contributed by atoms with E-state index in [2.05, 4.69) is 6.92 Å². The number of piperidine rings is 1. The molecule has 94 valence electrons. The maximum atomic E-state index is 13.5. The van der Waals surface area contributed by atoms with Crippen molar-refractivity contribution < 1.29 is 8.78 Å². The van der Waals surface area contributed by atoms with E-state index >= 15 is 0 Å². The summed E-state index contributed by atoms with van der Waals surface area (Å²) in [4.78, 5) is 2.01. The Hall–Kier alpha value is -0.670. The summed E-state index contributed by atoms with van der Waals surface area (Å²) in [5, 5.41) is 0.0681. The minimum Gasteiger partial charge on any atom is -0.297 e. The third kappa shape index (κ3) is 2.96. The van der Waals surface area contributed by atoms with Crippen molar-refractivity contribution in [3.63, 3.8) is 0 Å². The fourth-order valence-electron chi connectivity index (χ4n) is 2.14. The molecule has 0 aliphatic carbocycles. The summed E-state index contributed by atoms with van der Waals surface area (Å²) in [6, 6.07) is 3.98. The number of nitrogens with zero attached hydrogens (tertiary/aromatic N) is 1. The monoisotopic (exact) mass is 259 g/mol. The Morgan fingerprint density at radius 3 is 2.59 bits per heavy atom. The molecular formula is C13H16ClF2N. The Bertz CT molecular complexity index is 377. The molecule has 0 saturated carbocycles. The zero-order valence-electron chi connectivity index (χ0n) is 9.80. The van der Waals surface area contributed by atoms with Crippen molar-refractivity contribution >= 4 is 11.6 Å². The maximum absolute atomic E-state index is 13.5. The Morgan fingerprint density at radius 2 is 2.00 bits per heavy atom. The second-order valence-electron chi connectivity index (χ2n) is 4.72. The van der Waals surface area contributed by atoms with Gasteiger partial charge in [0.1, 0.15) is 11.6 Å². The Morgan fingerprint density at radius 1 is 1.35 bits per heavy atom. The first-order valence-electron chi connectivity index (χ1n) is 5.87. The normalized spacial score (nSPS) is 26.1. The van der Waals surface area contributed by atoms with Gasteiger partial charge in [0.05, 0.1) is 0 Å². The molecule has 0 radical (unpaired) electrons. The highest BCUT2D eigenvalue weighted by molar-refractivity contribution is 6.21. The third-order valence-electron chi connectivity index (χ3n) is 3.39. The molecular weight excluding hydrogens is 244 g/mol.